The summed E-state index contributed by atoms with van der Waals surface area (Å²) in [4.78, 5) is 16.4. The lowest BCUT2D eigenvalue weighted by molar-refractivity contribution is -0.140. The maximum absolute atomic E-state index is 13.4. The van der Waals surface area contributed by atoms with Crippen LogP contribution in [0.3, 0.4) is 0 Å². The smallest absolute Gasteiger partial charge is 0.382 e. The van der Waals surface area contributed by atoms with Crippen LogP contribution in [0.1, 0.15) is 41.7 Å². The molecule has 0 unspecified atom stereocenters. The highest BCUT2D eigenvalue weighted by molar-refractivity contribution is 14.1. The molecular formula is C23H19Cl2F3IN3O. The minimum absolute atomic E-state index is 0.0142. The lowest BCUT2D eigenvalue weighted by atomic mass is 9.90. The molecule has 1 amide bonds. The van der Waals surface area contributed by atoms with Crippen LogP contribution in [0.15, 0.2) is 42.5 Å². The van der Waals surface area contributed by atoms with E-state index in [0.29, 0.717) is 55.9 Å². The summed E-state index contributed by atoms with van der Waals surface area (Å²) in [5, 5.41) is 7.80. The average molecular weight is 608 g/mol. The topological polar surface area (TPSA) is 54.0 Å². The Hall–Kier alpha value is -1.78. The number of amides is 1. The van der Waals surface area contributed by atoms with E-state index >= 15 is 0 Å². The van der Waals surface area contributed by atoms with Gasteiger partial charge in [-0.25, -0.2) is 4.98 Å². The van der Waals surface area contributed by atoms with Crippen LogP contribution >= 0.6 is 45.8 Å². The molecule has 174 valence electrons. The zero-order valence-corrected chi connectivity index (χ0v) is 20.8. The van der Waals surface area contributed by atoms with E-state index in [2.05, 4.69) is 15.6 Å². The van der Waals surface area contributed by atoms with Crippen LogP contribution in [0.5, 0.6) is 0 Å². The molecule has 0 saturated heterocycles. The number of nitrogens with zero attached hydrogens (tertiary/aromatic N) is 1. The van der Waals surface area contributed by atoms with Gasteiger partial charge in [0.25, 0.3) is 5.91 Å². The Bertz CT molecular complexity index is 1200. The molecule has 0 atom stereocenters. The standard InChI is InChI=1S/C23H19Cl2F3IN3O/c24-12-4-9-18-16(10-12)19(11-20(32-18)23(26,27)28)30-13-5-7-14(8-6-13)31-22(33)15-2-1-3-17(25)21(15)29/h1-4,9-11,13-14H,5-8H2,(H,30,32)(H,31,33). The van der Waals surface area contributed by atoms with Gasteiger partial charge in [-0.05, 0) is 84.7 Å². The third-order valence-electron chi connectivity index (χ3n) is 5.68. The second kappa shape index (κ2) is 9.84. The number of halogens is 6. The SMILES string of the molecule is O=C(NC1CCC(Nc2cc(C(F)(F)F)nc3ccc(Cl)cc23)CC1)c1cccc(Cl)c1I. The van der Waals surface area contributed by atoms with Crippen molar-refractivity contribution in [3.8, 4) is 0 Å². The molecular weight excluding hydrogens is 589 g/mol. The van der Waals surface area contributed by atoms with Gasteiger partial charge in [0, 0.05) is 31.8 Å². The van der Waals surface area contributed by atoms with Gasteiger partial charge in [-0.2, -0.15) is 13.2 Å². The first-order valence-electron chi connectivity index (χ1n) is 10.3. The molecule has 1 heterocycles. The Balaban J connectivity index is 1.45. The lowest BCUT2D eigenvalue weighted by Gasteiger charge is -2.31. The normalized spacial score (nSPS) is 18.8. The van der Waals surface area contributed by atoms with E-state index in [1.807, 2.05) is 22.6 Å². The van der Waals surface area contributed by atoms with Gasteiger partial charge in [-0.3, -0.25) is 4.79 Å². The molecule has 0 spiro atoms. The second-order valence-corrected chi connectivity index (χ2v) is 9.90. The molecule has 2 aromatic carbocycles. The van der Waals surface area contributed by atoms with Gasteiger partial charge in [0.1, 0.15) is 5.69 Å². The molecule has 1 aromatic heterocycles. The Kier molecular flexibility index (Phi) is 7.26. The van der Waals surface area contributed by atoms with Crippen LogP contribution in [0.25, 0.3) is 10.9 Å². The average Bonchev–Trinajstić information content (AvgIpc) is 2.76. The van der Waals surface area contributed by atoms with Crippen molar-refractivity contribution in [3.63, 3.8) is 0 Å². The van der Waals surface area contributed by atoms with Crippen molar-refractivity contribution < 1.29 is 18.0 Å². The molecule has 1 aliphatic rings. The van der Waals surface area contributed by atoms with Crippen LogP contribution < -0.4 is 10.6 Å². The molecule has 33 heavy (non-hydrogen) atoms. The number of alkyl halides is 3. The first kappa shape index (κ1) is 24.3. The van der Waals surface area contributed by atoms with Gasteiger partial charge >= 0.3 is 6.18 Å². The maximum Gasteiger partial charge on any atom is 0.433 e. The summed E-state index contributed by atoms with van der Waals surface area (Å²) in [6, 6.07) is 10.8. The highest BCUT2D eigenvalue weighted by Crippen LogP contribution is 2.35. The van der Waals surface area contributed by atoms with E-state index < -0.39 is 11.9 Å². The molecule has 0 radical (unpaired) electrons. The number of carbonyl (C=O) groups is 1. The van der Waals surface area contributed by atoms with Gasteiger partial charge in [0.05, 0.1) is 16.1 Å². The Morgan fingerprint density at radius 3 is 2.42 bits per heavy atom. The van der Waals surface area contributed by atoms with Crippen LogP contribution in [0.4, 0.5) is 18.9 Å². The number of hydrogen-bond donors (Lipinski definition) is 2. The van der Waals surface area contributed by atoms with E-state index in [1.54, 1.807) is 24.3 Å². The zero-order valence-electron chi connectivity index (χ0n) is 17.1. The van der Waals surface area contributed by atoms with Gasteiger partial charge in [0.2, 0.25) is 0 Å². The fourth-order valence-corrected chi connectivity index (χ4v) is 4.96. The van der Waals surface area contributed by atoms with Crippen LogP contribution in [0, 0.1) is 3.57 Å². The minimum atomic E-state index is -4.55. The van der Waals surface area contributed by atoms with Gasteiger partial charge in [0.15, 0.2) is 0 Å². The first-order chi connectivity index (χ1) is 15.6. The fourth-order valence-electron chi connectivity index (χ4n) is 4.01. The molecule has 0 aliphatic heterocycles. The summed E-state index contributed by atoms with van der Waals surface area (Å²) in [5.74, 6) is -0.178. The summed E-state index contributed by atoms with van der Waals surface area (Å²) in [6.07, 6.45) is -1.75. The number of fused-ring (bicyclic) bond motifs is 1. The number of anilines is 1. The fraction of sp³-hybridized carbons (Fsp3) is 0.304. The highest BCUT2D eigenvalue weighted by Gasteiger charge is 2.34. The van der Waals surface area contributed by atoms with Crippen molar-refractivity contribution in [3.05, 3.63) is 67.3 Å². The van der Waals surface area contributed by atoms with Crippen molar-refractivity contribution in [2.45, 2.75) is 43.9 Å². The number of nitrogens with one attached hydrogen (secondary N) is 2. The molecule has 4 rings (SSSR count). The van der Waals surface area contributed by atoms with Crippen molar-refractivity contribution in [1.29, 1.82) is 0 Å². The highest BCUT2D eigenvalue weighted by atomic mass is 127. The Labute approximate surface area is 212 Å². The summed E-state index contributed by atoms with van der Waals surface area (Å²) >= 11 is 14.2. The Morgan fingerprint density at radius 1 is 1.03 bits per heavy atom. The minimum Gasteiger partial charge on any atom is -0.382 e. The number of rotatable bonds is 4. The molecule has 0 bridgehead atoms. The molecule has 2 N–H and O–H groups in total. The maximum atomic E-state index is 13.4. The van der Waals surface area contributed by atoms with E-state index in [0.717, 1.165) is 6.07 Å². The number of benzene rings is 2. The van der Waals surface area contributed by atoms with E-state index in [9.17, 15) is 18.0 Å². The molecule has 10 heteroatoms. The molecule has 1 saturated carbocycles. The molecule has 1 fully saturated rings. The molecule has 3 aromatic rings. The van der Waals surface area contributed by atoms with E-state index in [1.165, 1.54) is 12.1 Å². The monoisotopic (exact) mass is 607 g/mol. The van der Waals surface area contributed by atoms with Crippen molar-refractivity contribution >= 4 is 68.3 Å². The quantitative estimate of drug-likeness (QED) is 0.306. The van der Waals surface area contributed by atoms with E-state index in [-0.39, 0.29) is 23.5 Å². The summed E-state index contributed by atoms with van der Waals surface area (Å²) in [7, 11) is 0. The Morgan fingerprint density at radius 2 is 1.73 bits per heavy atom. The van der Waals surface area contributed by atoms with Gasteiger partial charge in [-0.1, -0.05) is 29.3 Å². The van der Waals surface area contributed by atoms with Crippen molar-refractivity contribution in [1.82, 2.24) is 10.3 Å². The third-order valence-corrected chi connectivity index (χ3v) is 7.71. The summed E-state index contributed by atoms with van der Waals surface area (Å²) in [6.45, 7) is 0. The second-order valence-electron chi connectivity index (χ2n) is 7.98. The van der Waals surface area contributed by atoms with Crippen molar-refractivity contribution in [2.24, 2.45) is 0 Å². The number of hydrogen-bond acceptors (Lipinski definition) is 3. The van der Waals surface area contributed by atoms with Gasteiger partial charge in [-0.15, -0.1) is 0 Å². The van der Waals surface area contributed by atoms with Crippen LogP contribution in [0.2, 0.25) is 10.0 Å². The number of aromatic nitrogens is 1. The predicted molar refractivity (Wildman–Crippen MR) is 133 cm³/mol. The molecule has 1 aliphatic carbocycles. The predicted octanol–water partition coefficient (Wildman–Crippen LogP) is 7.32. The number of pyridine rings is 1. The van der Waals surface area contributed by atoms with Crippen LogP contribution in [-0.2, 0) is 6.18 Å². The lowest BCUT2D eigenvalue weighted by Crippen LogP contribution is -2.40. The first-order valence-corrected chi connectivity index (χ1v) is 12.1. The van der Waals surface area contributed by atoms with Crippen LogP contribution in [-0.4, -0.2) is 23.0 Å². The summed E-state index contributed by atoms with van der Waals surface area (Å²) < 4.78 is 40.8. The third kappa shape index (κ3) is 5.66. The summed E-state index contributed by atoms with van der Waals surface area (Å²) in [5.41, 5.74) is 0.171. The zero-order chi connectivity index (χ0) is 23.8. The molecule has 4 nitrogen and oxygen atoms in total. The number of carbonyl (C=O) groups excluding carboxylic acids is 1. The largest absolute Gasteiger partial charge is 0.433 e. The van der Waals surface area contributed by atoms with Crippen molar-refractivity contribution in [2.75, 3.05) is 5.32 Å². The van der Waals surface area contributed by atoms with Gasteiger partial charge < -0.3 is 10.6 Å². The van der Waals surface area contributed by atoms with E-state index in [4.69, 9.17) is 23.2 Å².